The average Bonchev–Trinajstić information content (AvgIpc) is 2.60. The number of nitrogens with zero attached hydrogens (tertiary/aromatic N) is 1. The maximum atomic E-state index is 11.5. The molecule has 2 rings (SSSR count). The molecule has 1 aliphatic heterocycles. The number of methoxy groups -OCH3 is 1. The molecule has 0 aromatic heterocycles. The van der Waals surface area contributed by atoms with E-state index < -0.39 is 6.10 Å². The van der Waals surface area contributed by atoms with E-state index in [1.54, 1.807) is 18.1 Å². The molecule has 0 aliphatic carbocycles. The van der Waals surface area contributed by atoms with E-state index in [1.807, 2.05) is 18.2 Å². The fourth-order valence-corrected chi connectivity index (χ4v) is 1.70. The van der Waals surface area contributed by atoms with E-state index in [2.05, 4.69) is 0 Å². The highest BCUT2D eigenvalue weighted by Gasteiger charge is 2.30. The quantitative estimate of drug-likeness (QED) is 0.780. The summed E-state index contributed by atoms with van der Waals surface area (Å²) in [5, 5.41) is 9.33. The molecule has 0 spiro atoms. The lowest BCUT2D eigenvalue weighted by atomic mass is 10.3. The van der Waals surface area contributed by atoms with Gasteiger partial charge in [0.05, 0.1) is 7.11 Å². The molecule has 1 aromatic carbocycles. The third kappa shape index (κ3) is 1.80. The number of rotatable bonds is 2. The van der Waals surface area contributed by atoms with Crippen molar-refractivity contribution in [1.29, 1.82) is 0 Å². The van der Waals surface area contributed by atoms with Gasteiger partial charge in [-0.25, -0.2) is 0 Å². The summed E-state index contributed by atoms with van der Waals surface area (Å²) in [4.78, 5) is 13.1. The molecule has 1 aromatic rings. The molecule has 1 aliphatic rings. The Balaban J connectivity index is 2.26. The Bertz CT molecular complexity index is 378. The van der Waals surface area contributed by atoms with Crippen molar-refractivity contribution in [3.63, 3.8) is 0 Å². The van der Waals surface area contributed by atoms with Crippen LogP contribution in [0.3, 0.4) is 0 Å². The van der Waals surface area contributed by atoms with Crippen molar-refractivity contribution >= 4 is 11.6 Å². The Labute approximate surface area is 88.1 Å². The molecule has 4 nitrogen and oxygen atoms in total. The molecule has 80 valence electrons. The first-order valence-corrected chi connectivity index (χ1v) is 4.86. The molecular formula is C11H13NO3. The van der Waals surface area contributed by atoms with Crippen LogP contribution in [0.4, 0.5) is 5.69 Å². The predicted molar refractivity (Wildman–Crippen MR) is 56.0 cm³/mol. The molecular weight excluding hydrogens is 194 g/mol. The first kappa shape index (κ1) is 9.98. The number of carbonyl (C=O) groups is 1. The fraction of sp³-hybridized carbons (Fsp3) is 0.364. The molecule has 1 fully saturated rings. The third-order valence-corrected chi connectivity index (χ3v) is 2.54. The Morgan fingerprint density at radius 3 is 2.93 bits per heavy atom. The summed E-state index contributed by atoms with van der Waals surface area (Å²) >= 11 is 0. The number of ether oxygens (including phenoxy) is 1. The summed E-state index contributed by atoms with van der Waals surface area (Å²) in [5.74, 6) is 0.477. The van der Waals surface area contributed by atoms with Crippen molar-refractivity contribution in [2.24, 2.45) is 0 Å². The van der Waals surface area contributed by atoms with Gasteiger partial charge in [0, 0.05) is 24.7 Å². The maximum absolute atomic E-state index is 11.5. The summed E-state index contributed by atoms with van der Waals surface area (Å²) < 4.78 is 5.08. The molecule has 0 bridgehead atoms. The minimum absolute atomic E-state index is 0.233. The highest BCUT2D eigenvalue weighted by molar-refractivity contribution is 5.98. The van der Waals surface area contributed by atoms with Crippen LogP contribution in [0.15, 0.2) is 24.3 Å². The van der Waals surface area contributed by atoms with Gasteiger partial charge in [-0.05, 0) is 12.1 Å². The highest BCUT2D eigenvalue weighted by atomic mass is 16.5. The van der Waals surface area contributed by atoms with E-state index in [4.69, 9.17) is 4.74 Å². The van der Waals surface area contributed by atoms with Crippen LogP contribution in [-0.2, 0) is 4.79 Å². The number of amides is 1. The van der Waals surface area contributed by atoms with Gasteiger partial charge in [-0.15, -0.1) is 0 Å². The molecule has 1 heterocycles. The number of aliphatic hydroxyl groups is 1. The topological polar surface area (TPSA) is 49.8 Å². The molecule has 4 heteroatoms. The number of hydrogen-bond acceptors (Lipinski definition) is 3. The van der Waals surface area contributed by atoms with Crippen LogP contribution >= 0.6 is 0 Å². The van der Waals surface area contributed by atoms with Crippen LogP contribution in [0.5, 0.6) is 5.75 Å². The van der Waals surface area contributed by atoms with E-state index in [9.17, 15) is 9.90 Å². The lowest BCUT2D eigenvalue weighted by Gasteiger charge is -2.16. The van der Waals surface area contributed by atoms with E-state index >= 15 is 0 Å². The highest BCUT2D eigenvalue weighted by Crippen LogP contribution is 2.25. The Morgan fingerprint density at radius 2 is 2.33 bits per heavy atom. The average molecular weight is 207 g/mol. The number of benzene rings is 1. The lowest BCUT2D eigenvalue weighted by molar-refractivity contribution is -0.123. The van der Waals surface area contributed by atoms with Crippen molar-refractivity contribution in [1.82, 2.24) is 0 Å². The van der Waals surface area contributed by atoms with Crippen molar-refractivity contribution < 1.29 is 14.6 Å². The summed E-state index contributed by atoms with van der Waals surface area (Å²) in [6, 6.07) is 7.26. The van der Waals surface area contributed by atoms with Crippen LogP contribution < -0.4 is 9.64 Å². The second-order valence-corrected chi connectivity index (χ2v) is 3.50. The van der Waals surface area contributed by atoms with Gasteiger partial charge in [0.25, 0.3) is 5.91 Å². The van der Waals surface area contributed by atoms with Gasteiger partial charge in [0.1, 0.15) is 11.9 Å². The Kier molecular flexibility index (Phi) is 2.60. The molecule has 1 saturated heterocycles. The standard InChI is InChI=1S/C11H13NO3/c1-15-9-4-2-3-8(7-9)12-6-5-10(13)11(12)14/h2-4,7,10,13H,5-6H2,1H3. The smallest absolute Gasteiger partial charge is 0.255 e. The molecule has 1 amide bonds. The predicted octanol–water partition coefficient (Wildman–Crippen LogP) is 0.793. The molecule has 1 N–H and O–H groups in total. The van der Waals surface area contributed by atoms with Gasteiger partial charge in [-0.2, -0.15) is 0 Å². The first-order chi connectivity index (χ1) is 7.22. The molecule has 1 atom stereocenters. The van der Waals surface area contributed by atoms with E-state index in [0.717, 1.165) is 5.69 Å². The summed E-state index contributed by atoms with van der Waals surface area (Å²) in [7, 11) is 1.58. The van der Waals surface area contributed by atoms with Crippen molar-refractivity contribution in [2.45, 2.75) is 12.5 Å². The molecule has 0 saturated carbocycles. The van der Waals surface area contributed by atoms with E-state index in [0.29, 0.717) is 18.7 Å². The van der Waals surface area contributed by atoms with Gasteiger partial charge in [-0.3, -0.25) is 4.79 Å². The monoisotopic (exact) mass is 207 g/mol. The summed E-state index contributed by atoms with van der Waals surface area (Å²) in [6.07, 6.45) is -0.355. The maximum Gasteiger partial charge on any atom is 0.255 e. The number of hydrogen-bond donors (Lipinski definition) is 1. The Hall–Kier alpha value is -1.55. The Morgan fingerprint density at radius 1 is 1.53 bits per heavy atom. The molecule has 1 unspecified atom stereocenters. The minimum atomic E-state index is -0.851. The first-order valence-electron chi connectivity index (χ1n) is 4.86. The van der Waals surface area contributed by atoms with Crippen LogP contribution in [0.1, 0.15) is 6.42 Å². The van der Waals surface area contributed by atoms with Crippen molar-refractivity contribution in [3.8, 4) is 5.75 Å². The molecule has 0 radical (unpaired) electrons. The SMILES string of the molecule is COc1cccc(N2CCC(O)C2=O)c1. The van der Waals surface area contributed by atoms with E-state index in [1.165, 1.54) is 0 Å². The largest absolute Gasteiger partial charge is 0.497 e. The van der Waals surface area contributed by atoms with Crippen molar-refractivity contribution in [2.75, 3.05) is 18.6 Å². The number of carbonyl (C=O) groups excluding carboxylic acids is 1. The lowest BCUT2D eigenvalue weighted by Crippen LogP contribution is -2.28. The van der Waals surface area contributed by atoms with E-state index in [-0.39, 0.29) is 5.91 Å². The van der Waals surface area contributed by atoms with Crippen LogP contribution in [0, 0.1) is 0 Å². The van der Waals surface area contributed by atoms with Crippen molar-refractivity contribution in [3.05, 3.63) is 24.3 Å². The van der Waals surface area contributed by atoms with Crippen LogP contribution in [0.2, 0.25) is 0 Å². The third-order valence-electron chi connectivity index (χ3n) is 2.54. The second-order valence-electron chi connectivity index (χ2n) is 3.50. The second kappa shape index (κ2) is 3.90. The zero-order chi connectivity index (χ0) is 10.8. The molecule has 15 heavy (non-hydrogen) atoms. The zero-order valence-electron chi connectivity index (χ0n) is 8.51. The zero-order valence-corrected chi connectivity index (χ0v) is 8.51. The van der Waals surface area contributed by atoms with Crippen LogP contribution in [-0.4, -0.2) is 30.8 Å². The van der Waals surface area contributed by atoms with Gasteiger partial charge in [0.2, 0.25) is 0 Å². The summed E-state index contributed by atoms with van der Waals surface area (Å²) in [5.41, 5.74) is 0.774. The van der Waals surface area contributed by atoms with Crippen LogP contribution in [0.25, 0.3) is 0 Å². The van der Waals surface area contributed by atoms with Gasteiger partial charge >= 0.3 is 0 Å². The number of anilines is 1. The number of aliphatic hydroxyl groups excluding tert-OH is 1. The van der Waals surface area contributed by atoms with Gasteiger partial charge in [0.15, 0.2) is 0 Å². The fourth-order valence-electron chi connectivity index (χ4n) is 1.70. The summed E-state index contributed by atoms with van der Waals surface area (Å²) in [6.45, 7) is 0.563. The normalized spacial score (nSPS) is 20.8. The van der Waals surface area contributed by atoms with Gasteiger partial charge < -0.3 is 14.7 Å². The van der Waals surface area contributed by atoms with Gasteiger partial charge in [-0.1, -0.05) is 6.07 Å². The minimum Gasteiger partial charge on any atom is -0.497 e.